The van der Waals surface area contributed by atoms with Gasteiger partial charge >= 0.3 is 0 Å². The quantitative estimate of drug-likeness (QED) is 0.506. The first-order valence-corrected chi connectivity index (χ1v) is 12.3. The van der Waals surface area contributed by atoms with Gasteiger partial charge in [-0.25, -0.2) is 8.42 Å². The lowest BCUT2D eigenvalue weighted by Crippen LogP contribution is -2.45. The molecular weight excluding hydrogens is 476 g/mol. The summed E-state index contributed by atoms with van der Waals surface area (Å²) in [4.78, 5) is 13.0. The van der Waals surface area contributed by atoms with Crippen LogP contribution < -0.4 is 19.1 Å². The molecule has 3 aromatic rings. The third-order valence-corrected chi connectivity index (χ3v) is 6.83. The fourth-order valence-corrected chi connectivity index (χ4v) is 4.99. The molecule has 1 atom stereocenters. The maximum atomic E-state index is 13.0. The highest BCUT2D eigenvalue weighted by Crippen LogP contribution is 2.35. The number of aromatic nitrogens is 2. The summed E-state index contributed by atoms with van der Waals surface area (Å²) < 4.78 is 36.7. The highest BCUT2D eigenvalue weighted by molar-refractivity contribution is 7.92. The SMILES string of the molecule is COc1ccc(OC)c(N(C(C)C(=O)Nc2nnc(-c3ccc(Cl)cc3)s2)S(C)(=O)=O)c1. The molecule has 12 heteroatoms. The predicted molar refractivity (Wildman–Crippen MR) is 125 cm³/mol. The molecule has 0 spiro atoms. The average Bonchev–Trinajstić information content (AvgIpc) is 3.21. The molecule has 32 heavy (non-hydrogen) atoms. The summed E-state index contributed by atoms with van der Waals surface area (Å²) in [6.45, 7) is 1.47. The first-order chi connectivity index (χ1) is 15.1. The molecular formula is C20H21ClN4O5S2. The fraction of sp³-hybridized carbons (Fsp3) is 0.250. The molecule has 0 radical (unpaired) electrons. The van der Waals surface area contributed by atoms with Crippen molar-refractivity contribution in [2.75, 3.05) is 30.1 Å². The molecule has 0 aliphatic carbocycles. The van der Waals surface area contributed by atoms with Crippen LogP contribution in [0.3, 0.4) is 0 Å². The van der Waals surface area contributed by atoms with Crippen molar-refractivity contribution in [1.82, 2.24) is 10.2 Å². The number of nitrogens with zero attached hydrogens (tertiary/aromatic N) is 3. The van der Waals surface area contributed by atoms with Crippen molar-refractivity contribution in [1.29, 1.82) is 0 Å². The second kappa shape index (κ2) is 9.72. The van der Waals surface area contributed by atoms with Gasteiger partial charge in [0, 0.05) is 16.7 Å². The third kappa shape index (κ3) is 5.29. The Kier molecular flexibility index (Phi) is 7.22. The number of anilines is 2. The molecule has 1 aromatic heterocycles. The Bertz CT molecular complexity index is 1210. The smallest absolute Gasteiger partial charge is 0.249 e. The summed E-state index contributed by atoms with van der Waals surface area (Å²) in [7, 11) is -0.991. The Morgan fingerprint density at radius 3 is 2.41 bits per heavy atom. The van der Waals surface area contributed by atoms with E-state index in [9.17, 15) is 13.2 Å². The highest BCUT2D eigenvalue weighted by atomic mass is 35.5. The lowest BCUT2D eigenvalue weighted by atomic mass is 10.2. The van der Waals surface area contributed by atoms with Gasteiger partial charge in [0.25, 0.3) is 0 Å². The van der Waals surface area contributed by atoms with Crippen LogP contribution in [-0.4, -0.2) is 51.0 Å². The van der Waals surface area contributed by atoms with E-state index in [4.69, 9.17) is 21.1 Å². The van der Waals surface area contributed by atoms with Gasteiger partial charge in [-0.2, -0.15) is 0 Å². The largest absolute Gasteiger partial charge is 0.497 e. The van der Waals surface area contributed by atoms with Crippen LogP contribution in [0.2, 0.25) is 5.02 Å². The first kappa shape index (κ1) is 23.8. The Morgan fingerprint density at radius 1 is 1.12 bits per heavy atom. The number of rotatable bonds is 8. The second-order valence-corrected chi connectivity index (χ2v) is 9.95. The zero-order valence-electron chi connectivity index (χ0n) is 17.7. The van der Waals surface area contributed by atoms with E-state index in [1.165, 1.54) is 27.2 Å². The van der Waals surface area contributed by atoms with E-state index >= 15 is 0 Å². The van der Waals surface area contributed by atoms with E-state index in [0.29, 0.717) is 15.8 Å². The Hall–Kier alpha value is -2.89. The first-order valence-electron chi connectivity index (χ1n) is 9.25. The van der Waals surface area contributed by atoms with Crippen LogP contribution >= 0.6 is 22.9 Å². The Labute approximate surface area is 195 Å². The minimum absolute atomic E-state index is 0.177. The molecule has 0 saturated heterocycles. The molecule has 3 rings (SSSR count). The van der Waals surface area contributed by atoms with E-state index < -0.39 is 22.0 Å². The maximum absolute atomic E-state index is 13.0. The summed E-state index contributed by atoms with van der Waals surface area (Å²) in [5, 5.41) is 12.1. The molecule has 1 heterocycles. The summed E-state index contributed by atoms with van der Waals surface area (Å²) in [5.74, 6) is 0.106. The van der Waals surface area contributed by atoms with Gasteiger partial charge in [-0.15, -0.1) is 10.2 Å². The fourth-order valence-electron chi connectivity index (χ4n) is 2.94. The van der Waals surface area contributed by atoms with Gasteiger partial charge in [-0.3, -0.25) is 14.4 Å². The molecule has 1 unspecified atom stereocenters. The highest BCUT2D eigenvalue weighted by Gasteiger charge is 2.32. The number of sulfonamides is 1. The van der Waals surface area contributed by atoms with Crippen molar-refractivity contribution in [3.63, 3.8) is 0 Å². The Balaban J connectivity index is 1.88. The van der Waals surface area contributed by atoms with E-state index in [1.54, 1.807) is 36.4 Å². The van der Waals surface area contributed by atoms with Gasteiger partial charge in [0.15, 0.2) is 0 Å². The van der Waals surface area contributed by atoms with E-state index in [-0.39, 0.29) is 16.6 Å². The van der Waals surface area contributed by atoms with Gasteiger partial charge in [0.1, 0.15) is 22.5 Å². The number of benzene rings is 2. The van der Waals surface area contributed by atoms with Crippen LogP contribution in [0.1, 0.15) is 6.92 Å². The van der Waals surface area contributed by atoms with Crippen molar-refractivity contribution < 1.29 is 22.7 Å². The zero-order valence-corrected chi connectivity index (χ0v) is 20.1. The minimum atomic E-state index is -3.86. The molecule has 0 aliphatic rings. The summed E-state index contributed by atoms with van der Waals surface area (Å²) in [5.41, 5.74) is 0.968. The van der Waals surface area contributed by atoms with Crippen LogP contribution in [0.15, 0.2) is 42.5 Å². The lowest BCUT2D eigenvalue weighted by Gasteiger charge is -2.29. The number of halogens is 1. The number of amides is 1. The van der Waals surface area contributed by atoms with Crippen molar-refractivity contribution in [2.45, 2.75) is 13.0 Å². The van der Waals surface area contributed by atoms with Crippen LogP contribution in [0.5, 0.6) is 11.5 Å². The van der Waals surface area contributed by atoms with Gasteiger partial charge in [0.05, 0.1) is 26.2 Å². The number of methoxy groups -OCH3 is 2. The summed E-state index contributed by atoms with van der Waals surface area (Å²) in [6, 6.07) is 10.6. The number of nitrogens with one attached hydrogen (secondary N) is 1. The molecule has 2 aromatic carbocycles. The standard InChI is InChI=1S/C20H21ClN4O5S2/c1-12(25(32(4,27)28)16-11-15(29-2)9-10-17(16)30-3)18(26)22-20-24-23-19(31-20)13-5-7-14(21)8-6-13/h5-12H,1-4H3,(H,22,24,26). The van der Waals surface area contributed by atoms with Crippen molar-refractivity contribution in [3.8, 4) is 22.1 Å². The molecule has 1 amide bonds. The number of carbonyl (C=O) groups excluding carboxylic acids is 1. The molecule has 0 saturated carbocycles. The lowest BCUT2D eigenvalue weighted by molar-refractivity contribution is -0.116. The van der Waals surface area contributed by atoms with Crippen LogP contribution in [0, 0.1) is 0 Å². The van der Waals surface area contributed by atoms with Crippen molar-refractivity contribution in [2.24, 2.45) is 0 Å². The van der Waals surface area contributed by atoms with Crippen LogP contribution in [0.4, 0.5) is 10.8 Å². The molecule has 0 bridgehead atoms. The molecule has 170 valence electrons. The average molecular weight is 497 g/mol. The molecule has 0 aliphatic heterocycles. The monoisotopic (exact) mass is 496 g/mol. The predicted octanol–water partition coefficient (Wildman–Crippen LogP) is 3.67. The van der Waals surface area contributed by atoms with Crippen LogP contribution in [-0.2, 0) is 14.8 Å². The number of carbonyl (C=O) groups is 1. The number of ether oxygens (including phenoxy) is 2. The van der Waals surface area contributed by atoms with E-state index in [1.807, 2.05) is 0 Å². The van der Waals surface area contributed by atoms with Crippen molar-refractivity contribution >= 4 is 49.7 Å². The number of hydrogen-bond acceptors (Lipinski definition) is 8. The van der Waals surface area contributed by atoms with E-state index in [2.05, 4.69) is 15.5 Å². The van der Waals surface area contributed by atoms with Crippen LogP contribution in [0.25, 0.3) is 10.6 Å². The third-order valence-electron chi connectivity index (χ3n) is 4.46. The maximum Gasteiger partial charge on any atom is 0.249 e. The summed E-state index contributed by atoms with van der Waals surface area (Å²) >= 11 is 7.06. The summed E-state index contributed by atoms with van der Waals surface area (Å²) in [6.07, 6.45) is 1.01. The minimum Gasteiger partial charge on any atom is -0.497 e. The normalized spacial score (nSPS) is 12.2. The number of hydrogen-bond donors (Lipinski definition) is 1. The van der Waals surface area contributed by atoms with Gasteiger partial charge in [-0.1, -0.05) is 35.1 Å². The molecule has 1 N–H and O–H groups in total. The van der Waals surface area contributed by atoms with Gasteiger partial charge < -0.3 is 9.47 Å². The second-order valence-electron chi connectivity index (χ2n) is 6.68. The van der Waals surface area contributed by atoms with Crippen molar-refractivity contribution in [3.05, 3.63) is 47.5 Å². The zero-order chi connectivity index (χ0) is 23.5. The van der Waals surface area contributed by atoms with Gasteiger partial charge in [0.2, 0.25) is 21.1 Å². The van der Waals surface area contributed by atoms with E-state index in [0.717, 1.165) is 27.5 Å². The molecule has 0 fully saturated rings. The Morgan fingerprint density at radius 2 is 1.81 bits per heavy atom. The van der Waals surface area contributed by atoms with Gasteiger partial charge in [-0.05, 0) is 31.2 Å². The molecule has 9 nitrogen and oxygen atoms in total. The topological polar surface area (TPSA) is 111 Å².